The number of benzene rings is 2. The van der Waals surface area contributed by atoms with Crippen molar-refractivity contribution < 1.29 is 14.2 Å². The molecule has 0 saturated heterocycles. The predicted molar refractivity (Wildman–Crippen MR) is 138 cm³/mol. The van der Waals surface area contributed by atoms with Crippen LogP contribution in [0.4, 0.5) is 5.69 Å². The van der Waals surface area contributed by atoms with E-state index in [0.29, 0.717) is 54.8 Å². The molecular formula is C28H43N2O3+. The van der Waals surface area contributed by atoms with Crippen molar-refractivity contribution in [2.45, 2.75) is 87.0 Å². The van der Waals surface area contributed by atoms with Gasteiger partial charge < -0.3 is 14.2 Å². The first-order chi connectivity index (χ1) is 15.6. The van der Waals surface area contributed by atoms with Crippen LogP contribution in [-0.4, -0.2) is 19.8 Å². The maximum absolute atomic E-state index is 9.00. The first kappa shape index (κ1) is 28.3. The molecule has 0 amide bonds. The molecule has 0 radical (unpaired) electrons. The number of rotatable bonds is 9. The molecule has 0 N–H and O–H groups in total. The highest BCUT2D eigenvalue weighted by Gasteiger charge is 2.25. The van der Waals surface area contributed by atoms with Crippen LogP contribution in [0.3, 0.4) is 0 Å². The molecular weight excluding hydrogens is 412 g/mol. The Morgan fingerprint density at radius 3 is 1.42 bits per heavy atom. The van der Waals surface area contributed by atoms with Crippen LogP contribution in [0.25, 0.3) is 4.98 Å². The fourth-order valence-corrected chi connectivity index (χ4v) is 3.75. The van der Waals surface area contributed by atoms with E-state index in [1.54, 1.807) is 12.1 Å². The largest absolute Gasteiger partial charge is 0.494 e. The van der Waals surface area contributed by atoms with Crippen molar-refractivity contribution >= 4 is 5.69 Å². The van der Waals surface area contributed by atoms with Gasteiger partial charge in [-0.3, -0.25) is 0 Å². The second-order valence-electron chi connectivity index (χ2n) is 8.96. The van der Waals surface area contributed by atoms with Crippen molar-refractivity contribution in [2.75, 3.05) is 19.8 Å². The molecule has 0 saturated carbocycles. The summed E-state index contributed by atoms with van der Waals surface area (Å²) in [5, 5.41) is 9.00. The van der Waals surface area contributed by atoms with E-state index in [-0.39, 0.29) is 5.69 Å². The van der Waals surface area contributed by atoms with Gasteiger partial charge in [0.05, 0.1) is 19.8 Å². The minimum atomic E-state index is 0.289. The van der Waals surface area contributed by atoms with Crippen molar-refractivity contribution in [2.24, 2.45) is 0 Å². The molecule has 0 aliphatic heterocycles. The normalized spacial score (nSPS) is 10.7. The second kappa shape index (κ2) is 13.7. The summed E-state index contributed by atoms with van der Waals surface area (Å²) in [5.74, 6) is 3.39. The number of nitrogens with zero attached hydrogens (tertiary/aromatic N) is 2. The summed E-state index contributed by atoms with van der Waals surface area (Å²) in [7, 11) is 0. The number of hydrogen-bond donors (Lipinski definition) is 0. The molecule has 2 rings (SSSR count). The van der Waals surface area contributed by atoms with E-state index in [1.807, 2.05) is 20.8 Å². The van der Waals surface area contributed by atoms with Gasteiger partial charge in [0.2, 0.25) is 16.9 Å². The molecule has 2 aromatic rings. The summed E-state index contributed by atoms with van der Waals surface area (Å²) < 4.78 is 16.2. The lowest BCUT2D eigenvalue weighted by atomic mass is 9.85. The molecule has 0 unspecified atom stereocenters. The molecule has 5 nitrogen and oxygen atoms in total. The minimum absolute atomic E-state index is 0.289. The van der Waals surface area contributed by atoms with Crippen molar-refractivity contribution in [1.29, 1.82) is 5.39 Å². The maximum atomic E-state index is 9.00. The zero-order valence-corrected chi connectivity index (χ0v) is 22.3. The molecule has 0 bridgehead atoms. The van der Waals surface area contributed by atoms with Crippen LogP contribution in [0.15, 0.2) is 24.3 Å². The first-order valence-corrected chi connectivity index (χ1v) is 12.2. The predicted octanol–water partition coefficient (Wildman–Crippen LogP) is 8.73. The van der Waals surface area contributed by atoms with E-state index in [4.69, 9.17) is 19.6 Å². The molecule has 182 valence electrons. The Balaban J connectivity index is 0.000000331. The van der Waals surface area contributed by atoms with Gasteiger partial charge in [-0.25, -0.2) is 0 Å². The highest BCUT2D eigenvalue weighted by atomic mass is 16.5. The number of hydrogen-bond acceptors (Lipinski definition) is 4. The minimum Gasteiger partial charge on any atom is -0.494 e. The highest BCUT2D eigenvalue weighted by Crippen LogP contribution is 2.41. The topological polar surface area (TPSA) is 55.8 Å². The Labute approximate surface area is 201 Å². The zero-order valence-electron chi connectivity index (χ0n) is 22.3. The Hall–Kier alpha value is -2.74. The van der Waals surface area contributed by atoms with Crippen LogP contribution < -0.4 is 14.2 Å². The molecule has 0 aliphatic rings. The lowest BCUT2D eigenvalue weighted by molar-refractivity contribution is 0.310. The molecule has 2 aromatic carbocycles. The van der Waals surface area contributed by atoms with Crippen LogP contribution in [0, 0.1) is 12.3 Å². The summed E-state index contributed by atoms with van der Waals surface area (Å²) in [4.78, 5) is 3.20. The zero-order chi connectivity index (χ0) is 25.1. The fraction of sp³-hybridized carbons (Fsp3) is 0.571. The maximum Gasteiger partial charge on any atom is 0.467 e. The molecule has 0 atom stereocenters. The summed E-state index contributed by atoms with van der Waals surface area (Å²) >= 11 is 0. The molecule has 0 aromatic heterocycles. The van der Waals surface area contributed by atoms with Gasteiger partial charge in [-0.1, -0.05) is 53.7 Å². The highest BCUT2D eigenvalue weighted by molar-refractivity contribution is 5.69. The van der Waals surface area contributed by atoms with Gasteiger partial charge in [-0.2, -0.15) is 0 Å². The monoisotopic (exact) mass is 455 g/mol. The van der Waals surface area contributed by atoms with E-state index >= 15 is 0 Å². The Kier molecular flexibility index (Phi) is 11.8. The Morgan fingerprint density at radius 1 is 0.697 bits per heavy atom. The van der Waals surface area contributed by atoms with Gasteiger partial charge >= 0.3 is 5.69 Å². The van der Waals surface area contributed by atoms with Crippen molar-refractivity contribution in [3.05, 3.63) is 51.5 Å². The van der Waals surface area contributed by atoms with Crippen LogP contribution in [-0.2, 0) is 0 Å². The van der Waals surface area contributed by atoms with Gasteiger partial charge in [-0.05, 0) is 67.7 Å². The summed E-state index contributed by atoms with van der Waals surface area (Å²) in [6.07, 6.45) is 0. The number of diazo groups is 1. The van der Waals surface area contributed by atoms with Gasteiger partial charge in [0, 0.05) is 12.1 Å². The summed E-state index contributed by atoms with van der Waals surface area (Å²) in [5.41, 5.74) is 6.31. The van der Waals surface area contributed by atoms with E-state index in [0.717, 1.165) is 0 Å². The Morgan fingerprint density at radius 2 is 1.12 bits per heavy atom. The molecule has 33 heavy (non-hydrogen) atoms. The van der Waals surface area contributed by atoms with E-state index in [1.165, 1.54) is 22.3 Å². The van der Waals surface area contributed by atoms with E-state index in [9.17, 15) is 0 Å². The molecule has 0 aliphatic carbocycles. The van der Waals surface area contributed by atoms with E-state index < -0.39 is 0 Å². The third-order valence-corrected chi connectivity index (χ3v) is 5.45. The van der Waals surface area contributed by atoms with Crippen LogP contribution in [0.1, 0.15) is 102 Å². The fourth-order valence-electron chi connectivity index (χ4n) is 3.75. The van der Waals surface area contributed by atoms with Crippen LogP contribution >= 0.6 is 0 Å². The van der Waals surface area contributed by atoms with Crippen LogP contribution in [0.5, 0.6) is 17.2 Å². The third-order valence-electron chi connectivity index (χ3n) is 5.45. The second-order valence-corrected chi connectivity index (χ2v) is 8.96. The molecule has 0 fully saturated rings. The summed E-state index contributed by atoms with van der Waals surface area (Å²) in [6, 6.07) is 8.17. The average Bonchev–Trinajstić information content (AvgIpc) is 2.74. The van der Waals surface area contributed by atoms with Crippen molar-refractivity contribution in [3.8, 4) is 17.2 Å². The van der Waals surface area contributed by atoms with Crippen molar-refractivity contribution in [3.63, 3.8) is 0 Å². The molecule has 0 heterocycles. The van der Waals surface area contributed by atoms with Gasteiger partial charge in [0.25, 0.3) is 0 Å². The lowest BCUT2D eigenvalue weighted by Gasteiger charge is -2.20. The first-order valence-electron chi connectivity index (χ1n) is 12.2. The van der Waals surface area contributed by atoms with Gasteiger partial charge in [0.15, 0.2) is 4.98 Å². The molecule has 0 spiro atoms. The Bertz CT molecular complexity index is 871. The van der Waals surface area contributed by atoms with Gasteiger partial charge in [-0.15, -0.1) is 0 Å². The van der Waals surface area contributed by atoms with E-state index in [2.05, 4.69) is 65.6 Å². The van der Waals surface area contributed by atoms with Gasteiger partial charge in [0.1, 0.15) is 5.75 Å². The SMILES string of the molecule is CCOc1cc(OCC)c([N+]#N)c(OCC)c1.Cc1c(C(C)C)cc(C(C)C)cc1C(C)C. The van der Waals surface area contributed by atoms with Crippen molar-refractivity contribution in [1.82, 2.24) is 0 Å². The number of ether oxygens (including phenoxy) is 3. The third kappa shape index (κ3) is 7.96. The average molecular weight is 456 g/mol. The lowest BCUT2D eigenvalue weighted by Crippen LogP contribution is -2.03. The smallest absolute Gasteiger partial charge is 0.467 e. The standard InChI is InChI=1S/C16H26.C12H17N2O3/c1-10(2)14-8-15(11(3)4)13(7)16(9-14)12(5)6;1-4-15-9-7-10(16-5-2)12(14-13)11(8-9)17-6-3/h8-12H,1-7H3;7-8H,4-6H2,1-3H3/q;+1. The summed E-state index contributed by atoms with van der Waals surface area (Å²) in [6.45, 7) is 23.1. The van der Waals surface area contributed by atoms with Crippen LogP contribution in [0.2, 0.25) is 0 Å². The molecule has 5 heteroatoms. The quantitative estimate of drug-likeness (QED) is 0.355.